The number of hydrogen-bond acceptors (Lipinski definition) is 2. The molecule has 2 N–H and O–H groups in total. The van der Waals surface area contributed by atoms with E-state index >= 15 is 0 Å². The normalized spacial score (nSPS) is 13.3. The first kappa shape index (κ1) is 15.7. The van der Waals surface area contributed by atoms with Crippen LogP contribution in [0.15, 0.2) is 24.3 Å². The summed E-state index contributed by atoms with van der Waals surface area (Å²) in [4.78, 5) is 11.7. The fraction of sp³-hybridized carbons (Fsp3) is 0.500. The third-order valence-electron chi connectivity index (χ3n) is 3.00. The Kier molecular flexibility index (Phi) is 5.54. The summed E-state index contributed by atoms with van der Waals surface area (Å²) in [6.45, 7) is 2.50. The lowest BCUT2D eigenvalue weighted by Gasteiger charge is -2.08. The fourth-order valence-corrected chi connectivity index (χ4v) is 1.65. The van der Waals surface area contributed by atoms with Crippen molar-refractivity contribution in [1.82, 2.24) is 0 Å². The van der Waals surface area contributed by atoms with Gasteiger partial charge in [0.05, 0.1) is 5.56 Å². The largest absolute Gasteiger partial charge is 0.416 e. The van der Waals surface area contributed by atoms with Gasteiger partial charge in [-0.2, -0.15) is 13.2 Å². The lowest BCUT2D eigenvalue weighted by atomic mass is 9.99. The molecule has 0 amide bonds. The summed E-state index contributed by atoms with van der Waals surface area (Å²) in [5, 5.41) is 0. The molecule has 0 radical (unpaired) electrons. The van der Waals surface area contributed by atoms with E-state index in [1.807, 2.05) is 6.92 Å². The van der Waals surface area contributed by atoms with Crippen molar-refractivity contribution in [2.24, 2.45) is 11.7 Å². The molecule has 0 saturated carbocycles. The molecule has 1 aromatic carbocycles. The zero-order valence-corrected chi connectivity index (χ0v) is 10.8. The first-order valence-electron chi connectivity index (χ1n) is 6.21. The number of carbonyl (C=O) groups excluding carboxylic acids is 1. The number of benzene rings is 1. The minimum Gasteiger partial charge on any atom is -0.330 e. The monoisotopic (exact) mass is 273 g/mol. The Hall–Kier alpha value is -1.36. The Labute approximate surface area is 110 Å². The van der Waals surface area contributed by atoms with Crippen LogP contribution in [0.25, 0.3) is 0 Å². The summed E-state index contributed by atoms with van der Waals surface area (Å²) < 4.78 is 37.1. The van der Waals surface area contributed by atoms with E-state index in [-0.39, 0.29) is 18.1 Å². The number of halogens is 3. The quantitative estimate of drug-likeness (QED) is 0.865. The van der Waals surface area contributed by atoms with Gasteiger partial charge in [0.2, 0.25) is 0 Å². The molecule has 0 saturated heterocycles. The summed E-state index contributed by atoms with van der Waals surface area (Å²) in [5.74, 6) is 0.316. The smallest absolute Gasteiger partial charge is 0.330 e. The second-order valence-electron chi connectivity index (χ2n) is 4.79. The average Bonchev–Trinajstić information content (AvgIpc) is 2.35. The molecule has 0 fully saturated rings. The van der Waals surface area contributed by atoms with E-state index in [2.05, 4.69) is 0 Å². The minimum absolute atomic E-state index is 0.0278. The predicted molar refractivity (Wildman–Crippen MR) is 67.6 cm³/mol. The van der Waals surface area contributed by atoms with Gasteiger partial charge in [0, 0.05) is 12.8 Å². The second-order valence-corrected chi connectivity index (χ2v) is 4.79. The molecule has 0 aliphatic heterocycles. The molecule has 0 aliphatic carbocycles. The highest BCUT2D eigenvalue weighted by atomic mass is 19.4. The number of carbonyl (C=O) groups is 1. The number of alkyl halides is 3. The van der Waals surface area contributed by atoms with Crippen LogP contribution in [0.3, 0.4) is 0 Å². The summed E-state index contributed by atoms with van der Waals surface area (Å²) in [7, 11) is 0. The van der Waals surface area contributed by atoms with Crippen LogP contribution in [0.1, 0.15) is 30.9 Å². The highest BCUT2D eigenvalue weighted by molar-refractivity contribution is 5.80. The van der Waals surface area contributed by atoms with Crippen molar-refractivity contribution in [1.29, 1.82) is 0 Å². The zero-order valence-electron chi connectivity index (χ0n) is 10.8. The first-order chi connectivity index (χ1) is 8.82. The second kappa shape index (κ2) is 6.70. The Morgan fingerprint density at radius 2 is 1.84 bits per heavy atom. The van der Waals surface area contributed by atoms with Gasteiger partial charge in [0.15, 0.2) is 0 Å². The summed E-state index contributed by atoms with van der Waals surface area (Å²) in [5.41, 5.74) is 5.37. The van der Waals surface area contributed by atoms with Crippen LogP contribution < -0.4 is 5.73 Å². The zero-order chi connectivity index (χ0) is 14.5. The number of hydrogen-bond donors (Lipinski definition) is 1. The maximum absolute atomic E-state index is 12.4. The average molecular weight is 273 g/mol. The van der Waals surface area contributed by atoms with E-state index in [9.17, 15) is 18.0 Å². The number of rotatable bonds is 6. The molecule has 0 aliphatic rings. The molecule has 2 nitrogen and oxygen atoms in total. The molecule has 19 heavy (non-hydrogen) atoms. The molecule has 0 heterocycles. The van der Waals surface area contributed by atoms with Crippen LogP contribution in [0.5, 0.6) is 0 Å². The predicted octanol–water partition coefficient (Wildman–Crippen LogP) is 3.19. The topological polar surface area (TPSA) is 43.1 Å². The van der Waals surface area contributed by atoms with Gasteiger partial charge in [-0.1, -0.05) is 19.1 Å². The van der Waals surface area contributed by atoms with Gasteiger partial charge in [-0.3, -0.25) is 4.79 Å². The van der Waals surface area contributed by atoms with Crippen LogP contribution in [0, 0.1) is 5.92 Å². The highest BCUT2D eigenvalue weighted by Gasteiger charge is 2.29. The van der Waals surface area contributed by atoms with E-state index in [0.717, 1.165) is 18.6 Å². The number of nitrogens with two attached hydrogens (primary N) is 1. The Balaban J connectivity index is 2.51. The molecule has 1 aromatic rings. The van der Waals surface area contributed by atoms with E-state index in [1.54, 1.807) is 0 Å². The summed E-state index contributed by atoms with van der Waals surface area (Å²) >= 11 is 0. The van der Waals surface area contributed by atoms with Gasteiger partial charge in [-0.25, -0.2) is 0 Å². The Bertz CT molecular complexity index is 412. The van der Waals surface area contributed by atoms with Crippen LogP contribution in [-0.4, -0.2) is 12.3 Å². The molecular formula is C14H18F3NO. The minimum atomic E-state index is -4.33. The van der Waals surface area contributed by atoms with E-state index in [1.165, 1.54) is 12.1 Å². The molecule has 5 heteroatoms. The van der Waals surface area contributed by atoms with Gasteiger partial charge in [0.1, 0.15) is 5.78 Å². The van der Waals surface area contributed by atoms with E-state index < -0.39 is 11.7 Å². The fourth-order valence-electron chi connectivity index (χ4n) is 1.65. The SMILES string of the molecule is CC(CN)CCC(=O)Cc1ccc(C(F)(F)F)cc1. The van der Waals surface area contributed by atoms with Gasteiger partial charge < -0.3 is 5.73 Å². The molecule has 0 bridgehead atoms. The number of Topliss-reactive ketones (excluding diaryl/α,β-unsaturated/α-hetero) is 1. The van der Waals surface area contributed by atoms with Gasteiger partial charge >= 0.3 is 6.18 Å². The molecule has 106 valence electrons. The van der Waals surface area contributed by atoms with Crippen molar-refractivity contribution in [3.63, 3.8) is 0 Å². The summed E-state index contributed by atoms with van der Waals surface area (Å²) in [6.07, 6.45) is -3.02. The van der Waals surface area contributed by atoms with Gasteiger partial charge in [-0.15, -0.1) is 0 Å². The van der Waals surface area contributed by atoms with Gasteiger partial charge in [-0.05, 0) is 36.6 Å². The van der Waals surface area contributed by atoms with Crippen molar-refractivity contribution >= 4 is 5.78 Å². The lowest BCUT2D eigenvalue weighted by molar-refractivity contribution is -0.137. The third-order valence-corrected chi connectivity index (χ3v) is 3.00. The molecule has 1 unspecified atom stereocenters. The van der Waals surface area contributed by atoms with Crippen LogP contribution in [-0.2, 0) is 17.4 Å². The molecule has 0 aromatic heterocycles. The van der Waals surface area contributed by atoms with Crippen LogP contribution in [0.4, 0.5) is 13.2 Å². The molecular weight excluding hydrogens is 255 g/mol. The maximum Gasteiger partial charge on any atom is 0.416 e. The number of ketones is 1. The van der Waals surface area contributed by atoms with Crippen molar-refractivity contribution < 1.29 is 18.0 Å². The van der Waals surface area contributed by atoms with Crippen LogP contribution in [0.2, 0.25) is 0 Å². The van der Waals surface area contributed by atoms with Gasteiger partial charge in [0.25, 0.3) is 0 Å². The van der Waals surface area contributed by atoms with Crippen molar-refractivity contribution in [2.75, 3.05) is 6.54 Å². The van der Waals surface area contributed by atoms with E-state index in [4.69, 9.17) is 5.73 Å². The Morgan fingerprint density at radius 3 is 2.32 bits per heavy atom. The molecule has 1 atom stereocenters. The third kappa shape index (κ3) is 5.42. The van der Waals surface area contributed by atoms with E-state index in [0.29, 0.717) is 18.5 Å². The van der Waals surface area contributed by atoms with Crippen molar-refractivity contribution in [2.45, 2.75) is 32.4 Å². The molecule has 1 rings (SSSR count). The highest BCUT2D eigenvalue weighted by Crippen LogP contribution is 2.29. The van der Waals surface area contributed by atoms with Crippen molar-refractivity contribution in [3.8, 4) is 0 Å². The van der Waals surface area contributed by atoms with Crippen molar-refractivity contribution in [3.05, 3.63) is 35.4 Å². The standard InChI is InChI=1S/C14H18F3NO/c1-10(9-18)2-7-13(19)8-11-3-5-12(6-4-11)14(15,16)17/h3-6,10H,2,7-9,18H2,1H3. The summed E-state index contributed by atoms with van der Waals surface area (Å²) in [6, 6.07) is 4.72. The maximum atomic E-state index is 12.4. The first-order valence-corrected chi connectivity index (χ1v) is 6.21. The van der Waals surface area contributed by atoms with Crippen LogP contribution >= 0.6 is 0 Å². The molecule has 0 spiro atoms. The lowest BCUT2D eigenvalue weighted by Crippen LogP contribution is -2.13. The Morgan fingerprint density at radius 1 is 1.26 bits per heavy atom.